The Morgan fingerprint density at radius 3 is 2.56 bits per heavy atom. The van der Waals surface area contributed by atoms with Gasteiger partial charge in [0.05, 0.1) is 22.6 Å². The summed E-state index contributed by atoms with van der Waals surface area (Å²) in [4.78, 5) is 18.6. The van der Waals surface area contributed by atoms with Gasteiger partial charge in [0, 0.05) is 18.6 Å². The molecule has 0 saturated carbocycles. The second kappa shape index (κ2) is 8.88. The van der Waals surface area contributed by atoms with Crippen molar-refractivity contribution in [1.29, 1.82) is 0 Å². The first kappa shape index (κ1) is 19.3. The van der Waals surface area contributed by atoms with Gasteiger partial charge < -0.3 is 9.64 Å². The molecule has 2 aromatic rings. The quantitative estimate of drug-likeness (QED) is 0.390. The van der Waals surface area contributed by atoms with E-state index in [9.17, 15) is 4.79 Å². The van der Waals surface area contributed by atoms with Gasteiger partial charge in [0.2, 0.25) is 0 Å². The van der Waals surface area contributed by atoms with Crippen molar-refractivity contribution < 1.29 is 9.53 Å². The zero-order chi connectivity index (χ0) is 18.4. The zero-order valence-electron chi connectivity index (χ0n) is 14.4. The van der Waals surface area contributed by atoms with Gasteiger partial charge >= 0.3 is 5.97 Å². The first-order valence-electron chi connectivity index (χ1n) is 7.87. The van der Waals surface area contributed by atoms with Gasteiger partial charge in [-0.2, -0.15) is 0 Å². The highest BCUT2D eigenvalue weighted by Gasteiger charge is 2.14. The molecule has 0 N–H and O–H groups in total. The number of hydrogen-bond donors (Lipinski definition) is 0. The Kier molecular flexibility index (Phi) is 6.85. The number of aliphatic imine (C=N–C) groups is 1. The van der Waals surface area contributed by atoms with Crippen LogP contribution in [-0.4, -0.2) is 30.8 Å². The SMILES string of the molecule is CCN(C)C=Nc1cc(Cl)c(C(=O)OCc2ccc(Cl)cc2)cc1C. The number of nitrogens with zero attached hydrogens (tertiary/aromatic N) is 2. The van der Waals surface area contributed by atoms with Crippen LogP contribution < -0.4 is 0 Å². The minimum absolute atomic E-state index is 0.159. The van der Waals surface area contributed by atoms with Crippen LogP contribution >= 0.6 is 23.2 Å². The minimum atomic E-state index is -0.468. The molecule has 0 fully saturated rings. The summed E-state index contributed by atoms with van der Waals surface area (Å²) >= 11 is 12.1. The molecule has 132 valence electrons. The molecule has 0 bridgehead atoms. The van der Waals surface area contributed by atoms with Crippen LogP contribution in [0.25, 0.3) is 0 Å². The second-order valence-corrected chi connectivity index (χ2v) is 6.48. The van der Waals surface area contributed by atoms with Crippen molar-refractivity contribution in [2.75, 3.05) is 13.6 Å². The highest BCUT2D eigenvalue weighted by Crippen LogP contribution is 2.28. The molecule has 0 heterocycles. The van der Waals surface area contributed by atoms with E-state index in [2.05, 4.69) is 4.99 Å². The van der Waals surface area contributed by atoms with E-state index in [0.29, 0.717) is 15.6 Å². The van der Waals surface area contributed by atoms with Gasteiger partial charge in [-0.3, -0.25) is 0 Å². The molecule has 0 saturated heterocycles. The number of esters is 1. The van der Waals surface area contributed by atoms with Crippen LogP contribution in [0.5, 0.6) is 0 Å². The van der Waals surface area contributed by atoms with Gasteiger partial charge in [-0.05, 0) is 49.2 Å². The van der Waals surface area contributed by atoms with Gasteiger partial charge in [-0.25, -0.2) is 9.79 Å². The summed E-state index contributed by atoms with van der Waals surface area (Å²) in [6.45, 7) is 4.93. The molecule has 0 spiro atoms. The monoisotopic (exact) mass is 378 g/mol. The molecule has 2 rings (SSSR count). The highest BCUT2D eigenvalue weighted by atomic mass is 35.5. The molecule has 0 atom stereocenters. The number of halogens is 2. The highest BCUT2D eigenvalue weighted by molar-refractivity contribution is 6.34. The van der Waals surface area contributed by atoms with E-state index in [1.807, 2.05) is 37.9 Å². The molecule has 0 amide bonds. The van der Waals surface area contributed by atoms with Crippen LogP contribution in [0.15, 0.2) is 41.4 Å². The number of benzene rings is 2. The lowest BCUT2D eigenvalue weighted by atomic mass is 10.1. The third kappa shape index (κ3) is 5.48. The van der Waals surface area contributed by atoms with Crippen LogP contribution in [-0.2, 0) is 11.3 Å². The first-order valence-corrected chi connectivity index (χ1v) is 8.62. The smallest absolute Gasteiger partial charge is 0.339 e. The van der Waals surface area contributed by atoms with Crippen molar-refractivity contribution in [2.24, 2.45) is 4.99 Å². The Hall–Kier alpha value is -2.04. The van der Waals surface area contributed by atoms with Crippen LogP contribution in [0.1, 0.15) is 28.4 Å². The number of carbonyl (C=O) groups is 1. The molecule has 0 aliphatic heterocycles. The largest absolute Gasteiger partial charge is 0.457 e. The summed E-state index contributed by atoms with van der Waals surface area (Å²) < 4.78 is 5.33. The summed E-state index contributed by atoms with van der Waals surface area (Å²) in [5.41, 5.74) is 2.76. The lowest BCUT2D eigenvalue weighted by Gasteiger charge is -2.11. The average molecular weight is 379 g/mol. The van der Waals surface area contributed by atoms with Crippen molar-refractivity contribution in [3.8, 4) is 0 Å². The molecular weight excluding hydrogens is 359 g/mol. The summed E-state index contributed by atoms with van der Waals surface area (Å²) in [5, 5.41) is 0.955. The maximum absolute atomic E-state index is 12.3. The number of aryl methyl sites for hydroxylation is 1. The van der Waals surface area contributed by atoms with E-state index in [0.717, 1.165) is 23.4 Å². The third-order valence-corrected chi connectivity index (χ3v) is 4.25. The van der Waals surface area contributed by atoms with Crippen molar-refractivity contribution >= 4 is 41.2 Å². The van der Waals surface area contributed by atoms with Crippen molar-refractivity contribution in [3.63, 3.8) is 0 Å². The second-order valence-electron chi connectivity index (χ2n) is 5.64. The zero-order valence-corrected chi connectivity index (χ0v) is 15.9. The average Bonchev–Trinajstić information content (AvgIpc) is 2.61. The minimum Gasteiger partial charge on any atom is -0.457 e. The Morgan fingerprint density at radius 2 is 1.92 bits per heavy atom. The third-order valence-electron chi connectivity index (χ3n) is 3.68. The molecule has 0 aromatic heterocycles. The van der Waals surface area contributed by atoms with Crippen molar-refractivity contribution in [1.82, 2.24) is 4.90 Å². The van der Waals surface area contributed by atoms with Gasteiger partial charge in [0.15, 0.2) is 0 Å². The number of carbonyl (C=O) groups excluding carboxylic acids is 1. The lowest BCUT2D eigenvalue weighted by molar-refractivity contribution is 0.0473. The molecule has 0 radical (unpaired) electrons. The summed E-state index contributed by atoms with van der Waals surface area (Å²) in [7, 11) is 1.93. The van der Waals surface area contributed by atoms with E-state index in [1.54, 1.807) is 30.6 Å². The van der Waals surface area contributed by atoms with Gasteiger partial charge in [0.1, 0.15) is 6.61 Å². The fourth-order valence-electron chi connectivity index (χ4n) is 2.02. The Labute approximate surface area is 158 Å². The Bertz CT molecular complexity index is 774. The summed E-state index contributed by atoms with van der Waals surface area (Å²) in [6.07, 6.45) is 1.73. The van der Waals surface area contributed by atoms with Crippen LogP contribution in [0.3, 0.4) is 0 Å². The first-order chi connectivity index (χ1) is 11.9. The van der Waals surface area contributed by atoms with Crippen LogP contribution in [0.2, 0.25) is 10.0 Å². The van der Waals surface area contributed by atoms with E-state index < -0.39 is 5.97 Å². The molecule has 25 heavy (non-hydrogen) atoms. The molecule has 0 unspecified atom stereocenters. The van der Waals surface area contributed by atoms with E-state index in [-0.39, 0.29) is 6.61 Å². The van der Waals surface area contributed by atoms with Crippen LogP contribution in [0.4, 0.5) is 5.69 Å². The predicted molar refractivity (Wildman–Crippen MR) is 103 cm³/mol. The standard InChI is InChI=1S/C19H20Cl2N2O2/c1-4-23(3)12-22-18-10-17(21)16(9-13(18)2)19(24)25-11-14-5-7-15(20)8-6-14/h5-10,12H,4,11H2,1-3H3. The normalized spacial score (nSPS) is 10.9. The molecule has 2 aromatic carbocycles. The molecule has 4 nitrogen and oxygen atoms in total. The number of rotatable bonds is 6. The lowest BCUT2D eigenvalue weighted by Crippen LogP contribution is -2.14. The van der Waals surface area contributed by atoms with Crippen LogP contribution in [0, 0.1) is 6.92 Å². The number of ether oxygens (including phenoxy) is 1. The fourth-order valence-corrected chi connectivity index (χ4v) is 2.38. The van der Waals surface area contributed by atoms with E-state index in [1.165, 1.54) is 0 Å². The topological polar surface area (TPSA) is 41.9 Å². The Balaban J connectivity index is 2.10. The maximum Gasteiger partial charge on any atom is 0.339 e. The van der Waals surface area contributed by atoms with Gasteiger partial charge in [-0.15, -0.1) is 0 Å². The molecule has 6 heteroatoms. The molecular formula is C19H20Cl2N2O2. The van der Waals surface area contributed by atoms with Crippen molar-refractivity contribution in [3.05, 3.63) is 63.1 Å². The van der Waals surface area contributed by atoms with Gasteiger partial charge in [-0.1, -0.05) is 35.3 Å². The van der Waals surface area contributed by atoms with E-state index >= 15 is 0 Å². The maximum atomic E-state index is 12.3. The number of hydrogen-bond acceptors (Lipinski definition) is 3. The predicted octanol–water partition coefficient (Wildman–Crippen LogP) is 5.27. The van der Waals surface area contributed by atoms with Gasteiger partial charge in [0.25, 0.3) is 0 Å². The summed E-state index contributed by atoms with van der Waals surface area (Å²) in [5.74, 6) is -0.468. The molecule has 0 aliphatic rings. The molecule has 0 aliphatic carbocycles. The Morgan fingerprint density at radius 1 is 1.24 bits per heavy atom. The fraction of sp³-hybridized carbons (Fsp3) is 0.263. The summed E-state index contributed by atoms with van der Waals surface area (Å²) in [6, 6.07) is 10.5. The van der Waals surface area contributed by atoms with E-state index in [4.69, 9.17) is 27.9 Å². The van der Waals surface area contributed by atoms with Crippen molar-refractivity contribution in [2.45, 2.75) is 20.5 Å².